The van der Waals surface area contributed by atoms with E-state index in [0.717, 1.165) is 24.3 Å². The van der Waals surface area contributed by atoms with Gasteiger partial charge in [-0.25, -0.2) is 4.79 Å². The molecule has 22 heavy (non-hydrogen) atoms. The van der Waals surface area contributed by atoms with Gasteiger partial charge in [0.05, 0.1) is 11.3 Å². The Hall–Kier alpha value is -2.39. The van der Waals surface area contributed by atoms with Crippen LogP contribution >= 0.6 is 0 Å². The van der Waals surface area contributed by atoms with Crippen molar-refractivity contribution in [1.29, 1.82) is 0 Å². The highest BCUT2D eigenvalue weighted by atomic mass is 32.3. The number of fused-ring (bicyclic) bond motifs is 1. The number of hydrogen-bond donors (Lipinski definition) is 1. The molecule has 0 unspecified atom stereocenters. The monoisotopic (exact) mass is 339 g/mol. The van der Waals surface area contributed by atoms with Gasteiger partial charge >= 0.3 is 5.97 Å². The van der Waals surface area contributed by atoms with Gasteiger partial charge in [-0.2, -0.15) is 20.5 Å². The van der Waals surface area contributed by atoms with Crippen molar-refractivity contribution in [3.8, 4) is 0 Å². The lowest BCUT2D eigenvalue weighted by molar-refractivity contribution is 0.0697. The van der Waals surface area contributed by atoms with Crippen LogP contribution in [0.1, 0.15) is 10.4 Å². The van der Waals surface area contributed by atoms with E-state index in [4.69, 9.17) is 5.11 Å². The summed E-state index contributed by atoms with van der Waals surface area (Å²) < 4.78 is 50.1. The third kappa shape index (κ3) is 1.90. The third-order valence-electron chi connectivity index (χ3n) is 3.17. The summed E-state index contributed by atoms with van der Waals surface area (Å²) in [4.78, 5) is 10.2. The molecule has 9 heteroatoms. The van der Waals surface area contributed by atoms with Crippen molar-refractivity contribution in [1.82, 2.24) is 0 Å². The Bertz CT molecular complexity index is 924. The number of carboxylic acid groups (broad SMARTS) is 1. The summed E-state index contributed by atoms with van der Waals surface area (Å²) in [6.45, 7) is 0. The van der Waals surface area contributed by atoms with Gasteiger partial charge in [0.15, 0.2) is 0 Å². The van der Waals surface area contributed by atoms with Gasteiger partial charge in [-0.3, -0.25) is 0 Å². The zero-order chi connectivity index (χ0) is 16.1. The fraction of sp³-hybridized carbons (Fsp3) is 0. The van der Waals surface area contributed by atoms with Crippen LogP contribution in [0.25, 0.3) is 0 Å². The van der Waals surface area contributed by atoms with Gasteiger partial charge in [0.25, 0.3) is 20.0 Å². The molecule has 0 fully saturated rings. The second-order valence-electron chi connectivity index (χ2n) is 4.51. The van der Waals surface area contributed by atoms with Crippen LogP contribution in [-0.2, 0) is 20.0 Å². The molecule has 0 saturated heterocycles. The highest BCUT2D eigenvalue weighted by molar-refractivity contribution is 8.12. The quantitative estimate of drug-likeness (QED) is 0.883. The molecule has 2 aromatic carbocycles. The summed E-state index contributed by atoms with van der Waals surface area (Å²) in [7, 11) is -8.48. The molecule has 0 radical (unpaired) electrons. The Morgan fingerprint density at radius 1 is 0.818 bits per heavy atom. The molecule has 0 atom stereocenters. The van der Waals surface area contributed by atoms with E-state index in [1.54, 1.807) is 0 Å². The van der Waals surface area contributed by atoms with Crippen LogP contribution in [0.4, 0.5) is 5.69 Å². The lowest BCUT2D eigenvalue weighted by atomic mass is 10.2. The molecule has 0 saturated carbocycles. The molecule has 1 N–H and O–H groups in total. The van der Waals surface area contributed by atoms with Crippen molar-refractivity contribution in [2.45, 2.75) is 9.79 Å². The lowest BCUT2D eigenvalue weighted by Gasteiger charge is -2.16. The van der Waals surface area contributed by atoms with Gasteiger partial charge < -0.3 is 5.11 Å². The smallest absolute Gasteiger partial charge is 0.335 e. The van der Waals surface area contributed by atoms with E-state index < -0.39 is 26.0 Å². The fourth-order valence-corrected chi connectivity index (χ4v) is 6.64. The van der Waals surface area contributed by atoms with E-state index in [1.807, 2.05) is 0 Å². The van der Waals surface area contributed by atoms with Crippen LogP contribution in [0.3, 0.4) is 0 Å². The van der Waals surface area contributed by atoms with Crippen molar-refractivity contribution >= 4 is 31.7 Å². The third-order valence-corrected chi connectivity index (χ3v) is 7.59. The minimum Gasteiger partial charge on any atom is -0.478 e. The highest BCUT2D eigenvalue weighted by Gasteiger charge is 2.47. The van der Waals surface area contributed by atoms with Crippen molar-refractivity contribution in [3.05, 3.63) is 54.1 Å². The number of rotatable bonds is 2. The fourth-order valence-electron chi connectivity index (χ4n) is 2.19. The SMILES string of the molecule is O=C(O)c1ccc(N2S(=O)(=O)c3ccccc3S2(=O)=O)cc1. The van der Waals surface area contributed by atoms with Gasteiger partial charge in [-0.15, -0.1) is 0 Å². The molecule has 2 aromatic rings. The van der Waals surface area contributed by atoms with Crippen LogP contribution in [0, 0.1) is 0 Å². The van der Waals surface area contributed by atoms with Crippen molar-refractivity contribution in [2.24, 2.45) is 0 Å². The predicted molar refractivity (Wildman–Crippen MR) is 76.7 cm³/mol. The number of aromatic carboxylic acids is 1. The maximum absolute atomic E-state index is 12.4. The van der Waals surface area contributed by atoms with E-state index in [1.165, 1.54) is 24.3 Å². The predicted octanol–water partition coefficient (Wildman–Crippen LogP) is 1.28. The Kier molecular flexibility index (Phi) is 3.01. The molecule has 0 bridgehead atoms. The molecule has 0 spiro atoms. The molecule has 0 aliphatic carbocycles. The second-order valence-corrected chi connectivity index (χ2v) is 8.25. The van der Waals surface area contributed by atoms with Crippen molar-refractivity contribution in [3.63, 3.8) is 0 Å². The largest absolute Gasteiger partial charge is 0.478 e. The molecule has 114 valence electrons. The second kappa shape index (κ2) is 4.55. The van der Waals surface area contributed by atoms with Crippen LogP contribution in [-0.4, -0.2) is 27.9 Å². The first-order valence-corrected chi connectivity index (χ1v) is 8.87. The molecular formula is C13H9NO6S2. The maximum Gasteiger partial charge on any atom is 0.335 e. The maximum atomic E-state index is 12.4. The van der Waals surface area contributed by atoms with Gasteiger partial charge in [-0.05, 0) is 36.4 Å². The number of sulfonamides is 2. The Morgan fingerprint density at radius 3 is 1.68 bits per heavy atom. The van der Waals surface area contributed by atoms with E-state index in [9.17, 15) is 21.6 Å². The minimum absolute atomic E-state index is 0.0738. The first-order chi connectivity index (χ1) is 10.3. The number of anilines is 1. The number of carbonyl (C=O) groups is 1. The summed E-state index contributed by atoms with van der Waals surface area (Å²) in [6, 6.07) is 9.87. The average molecular weight is 339 g/mol. The number of nitrogens with zero attached hydrogens (tertiary/aromatic N) is 1. The van der Waals surface area contributed by atoms with E-state index in [2.05, 4.69) is 0 Å². The van der Waals surface area contributed by atoms with Gasteiger partial charge in [0, 0.05) is 0 Å². The number of carboxylic acids is 1. The van der Waals surface area contributed by atoms with Gasteiger partial charge in [0.2, 0.25) is 0 Å². The topological polar surface area (TPSA) is 109 Å². The van der Waals surface area contributed by atoms with Crippen molar-refractivity contribution < 1.29 is 26.7 Å². The number of benzene rings is 2. The van der Waals surface area contributed by atoms with E-state index in [0.29, 0.717) is 3.71 Å². The zero-order valence-electron chi connectivity index (χ0n) is 10.9. The highest BCUT2D eigenvalue weighted by Crippen LogP contribution is 2.39. The molecule has 7 nitrogen and oxygen atoms in total. The molecule has 3 rings (SSSR count). The lowest BCUT2D eigenvalue weighted by Crippen LogP contribution is -2.30. The van der Waals surface area contributed by atoms with Crippen molar-refractivity contribution in [2.75, 3.05) is 3.71 Å². The summed E-state index contributed by atoms with van der Waals surface area (Å²) >= 11 is 0. The summed E-state index contributed by atoms with van der Waals surface area (Å²) in [6.07, 6.45) is 0. The van der Waals surface area contributed by atoms with Crippen LogP contribution in [0.2, 0.25) is 0 Å². The molecule has 0 amide bonds. The summed E-state index contributed by atoms with van der Waals surface area (Å²) in [5.41, 5.74) is -0.212. The van der Waals surface area contributed by atoms with Crippen LogP contribution in [0.5, 0.6) is 0 Å². The summed E-state index contributed by atoms with van der Waals surface area (Å²) in [5.74, 6) is -1.19. The number of hydrogen-bond acceptors (Lipinski definition) is 5. The van der Waals surface area contributed by atoms with E-state index in [-0.39, 0.29) is 21.0 Å². The molecule has 1 aliphatic heterocycles. The normalized spacial score (nSPS) is 17.9. The first kappa shape index (κ1) is 14.5. The molecule has 1 heterocycles. The van der Waals surface area contributed by atoms with Crippen LogP contribution < -0.4 is 3.71 Å². The Morgan fingerprint density at radius 2 is 1.27 bits per heavy atom. The molecular weight excluding hydrogens is 330 g/mol. The van der Waals surface area contributed by atoms with Gasteiger partial charge in [0.1, 0.15) is 9.79 Å². The standard InChI is InChI=1S/C13H9NO6S2/c15-13(16)9-5-7-10(8-6-9)14-21(17,18)11-3-1-2-4-12(11)22(14,19)20/h1-8H,(H,15,16). The average Bonchev–Trinajstić information content (AvgIpc) is 2.63. The van der Waals surface area contributed by atoms with E-state index >= 15 is 0 Å². The molecule has 1 aliphatic rings. The molecule has 0 aromatic heterocycles. The minimum atomic E-state index is -4.24. The Balaban J connectivity index is 2.22. The Labute approximate surface area is 126 Å². The van der Waals surface area contributed by atoms with Crippen LogP contribution in [0.15, 0.2) is 58.3 Å². The summed E-state index contributed by atoms with van der Waals surface area (Å²) in [5, 5.41) is 8.84. The zero-order valence-corrected chi connectivity index (χ0v) is 12.5. The first-order valence-electron chi connectivity index (χ1n) is 5.99. The van der Waals surface area contributed by atoms with Gasteiger partial charge in [-0.1, -0.05) is 12.1 Å².